The zero-order chi connectivity index (χ0) is 8.39. The molecule has 2 heteroatoms. The minimum atomic E-state index is -0.214. The molecule has 1 aromatic carbocycles. The van der Waals surface area contributed by atoms with Crippen LogP contribution >= 0.6 is 0 Å². The van der Waals surface area contributed by atoms with E-state index in [4.69, 9.17) is 9.84 Å². The minimum Gasteiger partial charge on any atom is -0.390 e. The van der Waals surface area contributed by atoms with Gasteiger partial charge in [-0.25, -0.2) is 0 Å². The van der Waals surface area contributed by atoms with Crippen LogP contribution in [0.1, 0.15) is 12.0 Å². The van der Waals surface area contributed by atoms with Crippen molar-refractivity contribution >= 4 is 0 Å². The smallest absolute Gasteiger partial charge is 0.0865 e. The lowest BCUT2D eigenvalue weighted by Gasteiger charge is -2.01. The summed E-state index contributed by atoms with van der Waals surface area (Å²) in [6.45, 7) is 0.614. The van der Waals surface area contributed by atoms with Gasteiger partial charge < -0.3 is 9.84 Å². The van der Waals surface area contributed by atoms with E-state index in [-0.39, 0.29) is 12.2 Å². The van der Waals surface area contributed by atoms with Crippen molar-refractivity contribution in [2.75, 3.05) is 0 Å². The molecule has 0 radical (unpaired) electrons. The summed E-state index contributed by atoms with van der Waals surface area (Å²) in [6.07, 6.45) is 0.672. The second-order valence-corrected chi connectivity index (χ2v) is 3.14. The van der Waals surface area contributed by atoms with Crippen molar-refractivity contribution in [3.05, 3.63) is 35.9 Å². The highest BCUT2D eigenvalue weighted by atomic mass is 16.5. The van der Waals surface area contributed by atoms with E-state index in [0.717, 1.165) is 12.0 Å². The Morgan fingerprint density at radius 1 is 1.33 bits per heavy atom. The molecule has 1 fully saturated rings. The Kier molecular flexibility index (Phi) is 2.11. The molecule has 0 aromatic heterocycles. The van der Waals surface area contributed by atoms with Crippen molar-refractivity contribution in [2.24, 2.45) is 0 Å². The van der Waals surface area contributed by atoms with Gasteiger partial charge >= 0.3 is 0 Å². The predicted molar refractivity (Wildman–Crippen MR) is 45.6 cm³/mol. The molecule has 0 spiro atoms. The first-order valence-corrected chi connectivity index (χ1v) is 4.20. The Morgan fingerprint density at radius 2 is 2.00 bits per heavy atom. The Labute approximate surface area is 71.8 Å². The molecule has 1 aliphatic rings. The van der Waals surface area contributed by atoms with Gasteiger partial charge in [-0.3, -0.25) is 0 Å². The van der Waals surface area contributed by atoms with E-state index in [0.29, 0.717) is 6.61 Å². The molecule has 64 valence electrons. The molecule has 0 saturated heterocycles. The standard InChI is InChI=1S/C10H12O2/c11-9-6-10(9)12-7-8-4-2-1-3-5-8/h1-5,9-11H,6-7H2/t9-,10+/m0/s1. The molecule has 12 heavy (non-hydrogen) atoms. The van der Waals surface area contributed by atoms with E-state index >= 15 is 0 Å². The van der Waals surface area contributed by atoms with Crippen LogP contribution in [0.4, 0.5) is 0 Å². The molecule has 2 atom stereocenters. The van der Waals surface area contributed by atoms with Crippen molar-refractivity contribution in [3.8, 4) is 0 Å². The van der Waals surface area contributed by atoms with Crippen LogP contribution < -0.4 is 0 Å². The maximum Gasteiger partial charge on any atom is 0.0865 e. The Hall–Kier alpha value is -0.860. The molecule has 0 aliphatic heterocycles. The lowest BCUT2D eigenvalue weighted by molar-refractivity contribution is 0.0715. The number of rotatable bonds is 3. The molecule has 1 N–H and O–H groups in total. The third-order valence-electron chi connectivity index (χ3n) is 2.01. The van der Waals surface area contributed by atoms with Gasteiger partial charge in [-0.2, -0.15) is 0 Å². The largest absolute Gasteiger partial charge is 0.390 e. The molecule has 2 nitrogen and oxygen atoms in total. The van der Waals surface area contributed by atoms with Crippen LogP contribution in [-0.4, -0.2) is 17.3 Å². The van der Waals surface area contributed by atoms with Gasteiger partial charge in [-0.05, 0) is 5.56 Å². The van der Waals surface area contributed by atoms with Gasteiger partial charge in [-0.1, -0.05) is 30.3 Å². The van der Waals surface area contributed by atoms with Gasteiger partial charge in [-0.15, -0.1) is 0 Å². The quantitative estimate of drug-likeness (QED) is 0.730. The minimum absolute atomic E-state index is 0.0882. The summed E-state index contributed by atoms with van der Waals surface area (Å²) in [6, 6.07) is 10.0. The Balaban J connectivity index is 1.80. The van der Waals surface area contributed by atoms with Crippen LogP contribution in [0, 0.1) is 0 Å². The Morgan fingerprint density at radius 3 is 2.58 bits per heavy atom. The molecule has 0 heterocycles. The van der Waals surface area contributed by atoms with Crippen LogP contribution in [0.3, 0.4) is 0 Å². The second-order valence-electron chi connectivity index (χ2n) is 3.14. The fourth-order valence-corrected chi connectivity index (χ4v) is 1.12. The van der Waals surface area contributed by atoms with Gasteiger partial charge in [0.25, 0.3) is 0 Å². The predicted octanol–water partition coefficient (Wildman–Crippen LogP) is 1.34. The van der Waals surface area contributed by atoms with E-state index in [2.05, 4.69) is 0 Å². The monoisotopic (exact) mass is 164 g/mol. The zero-order valence-corrected chi connectivity index (χ0v) is 6.81. The lowest BCUT2D eigenvalue weighted by Crippen LogP contribution is -1.99. The molecule has 1 aromatic rings. The second kappa shape index (κ2) is 3.25. The molecular weight excluding hydrogens is 152 g/mol. The summed E-state index contributed by atoms with van der Waals surface area (Å²) in [7, 11) is 0. The van der Waals surface area contributed by atoms with Crippen molar-refractivity contribution in [1.29, 1.82) is 0 Å². The highest BCUT2D eigenvalue weighted by Crippen LogP contribution is 2.25. The normalized spacial score (nSPS) is 27.1. The fourth-order valence-electron chi connectivity index (χ4n) is 1.12. The summed E-state index contributed by atoms with van der Waals surface area (Å²) in [4.78, 5) is 0. The van der Waals surface area contributed by atoms with Gasteiger partial charge in [0.05, 0.1) is 18.8 Å². The maximum atomic E-state index is 8.98. The van der Waals surface area contributed by atoms with Crippen LogP contribution in [0.25, 0.3) is 0 Å². The number of benzene rings is 1. The van der Waals surface area contributed by atoms with Crippen LogP contribution in [-0.2, 0) is 11.3 Å². The maximum absolute atomic E-state index is 8.98. The number of aliphatic hydroxyl groups is 1. The van der Waals surface area contributed by atoms with Crippen molar-refractivity contribution < 1.29 is 9.84 Å². The van der Waals surface area contributed by atoms with Gasteiger partial charge in [0.15, 0.2) is 0 Å². The molecule has 0 bridgehead atoms. The average Bonchev–Trinajstić information content (AvgIpc) is 2.81. The summed E-state index contributed by atoms with van der Waals surface area (Å²) in [5.74, 6) is 0. The molecule has 1 saturated carbocycles. The summed E-state index contributed by atoms with van der Waals surface area (Å²) < 4.78 is 5.40. The highest BCUT2D eigenvalue weighted by Gasteiger charge is 2.36. The first-order valence-electron chi connectivity index (χ1n) is 4.20. The van der Waals surface area contributed by atoms with Gasteiger partial charge in [0.1, 0.15) is 0 Å². The van der Waals surface area contributed by atoms with E-state index in [9.17, 15) is 0 Å². The van der Waals surface area contributed by atoms with E-state index < -0.39 is 0 Å². The third-order valence-corrected chi connectivity index (χ3v) is 2.01. The first-order chi connectivity index (χ1) is 5.86. The first kappa shape index (κ1) is 7.77. The lowest BCUT2D eigenvalue weighted by atomic mass is 10.2. The van der Waals surface area contributed by atoms with Crippen molar-refractivity contribution in [1.82, 2.24) is 0 Å². The number of aliphatic hydroxyl groups excluding tert-OH is 1. The van der Waals surface area contributed by atoms with E-state index in [1.165, 1.54) is 0 Å². The van der Waals surface area contributed by atoms with Crippen LogP contribution in [0.2, 0.25) is 0 Å². The Bertz CT molecular complexity index is 245. The number of ether oxygens (including phenoxy) is 1. The van der Waals surface area contributed by atoms with Gasteiger partial charge in [0.2, 0.25) is 0 Å². The molecule has 0 amide bonds. The number of hydrogen-bond acceptors (Lipinski definition) is 2. The number of hydrogen-bond donors (Lipinski definition) is 1. The third kappa shape index (κ3) is 1.84. The topological polar surface area (TPSA) is 29.5 Å². The van der Waals surface area contributed by atoms with Crippen LogP contribution in [0.5, 0.6) is 0 Å². The van der Waals surface area contributed by atoms with E-state index in [1.807, 2.05) is 30.3 Å². The van der Waals surface area contributed by atoms with Crippen molar-refractivity contribution in [3.63, 3.8) is 0 Å². The summed E-state index contributed by atoms with van der Waals surface area (Å²) in [5, 5.41) is 8.98. The van der Waals surface area contributed by atoms with E-state index in [1.54, 1.807) is 0 Å². The van der Waals surface area contributed by atoms with Gasteiger partial charge in [0, 0.05) is 6.42 Å². The molecule has 2 rings (SSSR count). The highest BCUT2D eigenvalue weighted by molar-refractivity contribution is 5.13. The molecule has 0 unspecified atom stereocenters. The van der Waals surface area contributed by atoms with Crippen LogP contribution in [0.15, 0.2) is 30.3 Å². The molecular formula is C10H12O2. The summed E-state index contributed by atoms with van der Waals surface area (Å²) >= 11 is 0. The zero-order valence-electron chi connectivity index (χ0n) is 6.81. The molecule has 1 aliphatic carbocycles. The van der Waals surface area contributed by atoms with Crippen molar-refractivity contribution in [2.45, 2.75) is 25.2 Å². The summed E-state index contributed by atoms with van der Waals surface area (Å²) in [5.41, 5.74) is 1.16. The fraction of sp³-hybridized carbons (Fsp3) is 0.400. The SMILES string of the molecule is O[C@H]1C[C@H]1OCc1ccccc1. The average molecular weight is 164 g/mol.